The Morgan fingerprint density at radius 1 is 1.25 bits per heavy atom. The zero-order valence-corrected chi connectivity index (χ0v) is 12.8. The summed E-state index contributed by atoms with van der Waals surface area (Å²) in [5.41, 5.74) is 1.14. The Bertz CT molecular complexity index is 391. The van der Waals surface area contributed by atoms with E-state index >= 15 is 0 Å². The molecule has 1 aromatic rings. The quantitative estimate of drug-likeness (QED) is 0.895. The van der Waals surface area contributed by atoms with Gasteiger partial charge in [0.25, 0.3) is 0 Å². The third kappa shape index (κ3) is 5.02. The highest BCUT2D eigenvalue weighted by molar-refractivity contribution is 5.85. The number of hydrogen-bond acceptors (Lipinski definition) is 2. The summed E-state index contributed by atoms with van der Waals surface area (Å²) in [6.07, 6.45) is 2.19. The van der Waals surface area contributed by atoms with Crippen LogP contribution in [0.5, 0.6) is 0 Å². The average molecular weight is 298 g/mol. The van der Waals surface area contributed by atoms with Crippen molar-refractivity contribution in [1.82, 2.24) is 15.5 Å². The van der Waals surface area contributed by atoms with Crippen molar-refractivity contribution in [2.24, 2.45) is 5.92 Å². The summed E-state index contributed by atoms with van der Waals surface area (Å²) in [5.74, 6) is 0.711. The van der Waals surface area contributed by atoms with Gasteiger partial charge in [-0.15, -0.1) is 12.4 Å². The summed E-state index contributed by atoms with van der Waals surface area (Å²) >= 11 is 0. The van der Waals surface area contributed by atoms with Crippen molar-refractivity contribution in [3.8, 4) is 0 Å². The van der Waals surface area contributed by atoms with Gasteiger partial charge in [-0.25, -0.2) is 4.79 Å². The minimum atomic E-state index is 0. The first-order valence-electron chi connectivity index (χ1n) is 7.01. The van der Waals surface area contributed by atoms with Gasteiger partial charge in [0.1, 0.15) is 0 Å². The van der Waals surface area contributed by atoms with Crippen molar-refractivity contribution >= 4 is 18.4 Å². The Hall–Kier alpha value is -1.26. The molecule has 0 radical (unpaired) electrons. The van der Waals surface area contributed by atoms with Crippen LogP contribution in [0.2, 0.25) is 0 Å². The summed E-state index contributed by atoms with van der Waals surface area (Å²) in [6.45, 7) is 3.40. The minimum Gasteiger partial charge on any atom is -0.334 e. The van der Waals surface area contributed by atoms with Crippen molar-refractivity contribution in [3.05, 3.63) is 35.9 Å². The topological polar surface area (TPSA) is 44.4 Å². The molecule has 1 aliphatic heterocycles. The first-order valence-corrected chi connectivity index (χ1v) is 7.01. The number of nitrogens with zero attached hydrogens (tertiary/aromatic N) is 1. The molecule has 112 valence electrons. The third-order valence-electron chi connectivity index (χ3n) is 3.68. The molecule has 0 saturated carbocycles. The lowest BCUT2D eigenvalue weighted by Crippen LogP contribution is -2.45. The van der Waals surface area contributed by atoms with E-state index in [1.807, 2.05) is 42.3 Å². The number of carbonyl (C=O) groups is 1. The molecular weight excluding hydrogens is 274 g/mol. The van der Waals surface area contributed by atoms with Crippen LogP contribution in [-0.4, -0.2) is 37.6 Å². The number of piperidine rings is 1. The summed E-state index contributed by atoms with van der Waals surface area (Å²) in [6, 6.07) is 10.1. The van der Waals surface area contributed by atoms with E-state index in [1.54, 1.807) is 0 Å². The fourth-order valence-corrected chi connectivity index (χ4v) is 2.51. The molecule has 1 aliphatic rings. The Morgan fingerprint density at radius 3 is 2.50 bits per heavy atom. The van der Waals surface area contributed by atoms with Gasteiger partial charge in [-0.2, -0.15) is 0 Å². The Balaban J connectivity index is 0.00000200. The molecule has 2 amide bonds. The highest BCUT2D eigenvalue weighted by atomic mass is 35.5. The van der Waals surface area contributed by atoms with Gasteiger partial charge >= 0.3 is 6.03 Å². The molecule has 2 N–H and O–H groups in total. The van der Waals surface area contributed by atoms with Crippen LogP contribution in [0.3, 0.4) is 0 Å². The van der Waals surface area contributed by atoms with E-state index in [1.165, 1.54) is 0 Å². The number of amides is 2. The number of urea groups is 1. The zero-order chi connectivity index (χ0) is 13.5. The van der Waals surface area contributed by atoms with E-state index in [9.17, 15) is 4.79 Å². The minimum absolute atomic E-state index is 0. The van der Waals surface area contributed by atoms with Crippen molar-refractivity contribution in [1.29, 1.82) is 0 Å². The molecule has 0 aliphatic carbocycles. The Kier molecular flexibility index (Phi) is 7.41. The smallest absolute Gasteiger partial charge is 0.317 e. The number of halogens is 1. The second-order valence-corrected chi connectivity index (χ2v) is 5.13. The van der Waals surface area contributed by atoms with E-state index in [0.29, 0.717) is 12.5 Å². The molecule has 0 spiro atoms. The van der Waals surface area contributed by atoms with Gasteiger partial charge in [0.2, 0.25) is 0 Å². The number of hydrogen-bond donors (Lipinski definition) is 2. The van der Waals surface area contributed by atoms with Crippen LogP contribution in [0.4, 0.5) is 4.79 Å². The standard InChI is InChI=1S/C15H23N3O.ClH/c1-16-11-14-7-9-18(10-8-14)15(19)17-12-13-5-3-2-4-6-13;/h2-6,14,16H,7-12H2,1H3,(H,17,19);1H. The van der Waals surface area contributed by atoms with Crippen LogP contribution in [0, 0.1) is 5.92 Å². The molecule has 1 saturated heterocycles. The van der Waals surface area contributed by atoms with Gasteiger partial charge in [0, 0.05) is 19.6 Å². The van der Waals surface area contributed by atoms with Crippen molar-refractivity contribution in [2.45, 2.75) is 19.4 Å². The number of rotatable bonds is 4. The van der Waals surface area contributed by atoms with Crippen molar-refractivity contribution < 1.29 is 4.79 Å². The van der Waals surface area contributed by atoms with E-state index in [-0.39, 0.29) is 18.4 Å². The number of likely N-dealkylation sites (tertiary alicyclic amines) is 1. The van der Waals surface area contributed by atoms with E-state index in [0.717, 1.165) is 38.0 Å². The predicted octanol–water partition coefficient (Wildman–Crippen LogP) is 2.25. The predicted molar refractivity (Wildman–Crippen MR) is 84.1 cm³/mol. The van der Waals surface area contributed by atoms with Crippen LogP contribution < -0.4 is 10.6 Å². The molecular formula is C15H24ClN3O. The van der Waals surface area contributed by atoms with Crippen LogP contribution in [0.1, 0.15) is 18.4 Å². The molecule has 20 heavy (non-hydrogen) atoms. The monoisotopic (exact) mass is 297 g/mol. The molecule has 1 fully saturated rings. The maximum absolute atomic E-state index is 12.0. The molecule has 4 nitrogen and oxygen atoms in total. The summed E-state index contributed by atoms with van der Waals surface area (Å²) in [5, 5.41) is 6.20. The summed E-state index contributed by atoms with van der Waals surface area (Å²) in [4.78, 5) is 14.0. The SMILES string of the molecule is CNCC1CCN(C(=O)NCc2ccccc2)CC1.Cl. The fourth-order valence-electron chi connectivity index (χ4n) is 2.51. The van der Waals surface area contributed by atoms with Gasteiger partial charge in [-0.05, 0) is 37.9 Å². The summed E-state index contributed by atoms with van der Waals surface area (Å²) in [7, 11) is 1.99. The lowest BCUT2D eigenvalue weighted by molar-refractivity contribution is 0.170. The van der Waals surface area contributed by atoms with Crippen LogP contribution in [0.25, 0.3) is 0 Å². The van der Waals surface area contributed by atoms with Gasteiger partial charge in [-0.3, -0.25) is 0 Å². The third-order valence-corrected chi connectivity index (χ3v) is 3.68. The second kappa shape index (κ2) is 8.82. The largest absolute Gasteiger partial charge is 0.334 e. The lowest BCUT2D eigenvalue weighted by Gasteiger charge is -2.32. The summed E-state index contributed by atoms with van der Waals surface area (Å²) < 4.78 is 0. The Labute approximate surface area is 127 Å². The van der Waals surface area contributed by atoms with Gasteiger partial charge < -0.3 is 15.5 Å². The maximum Gasteiger partial charge on any atom is 0.317 e. The van der Waals surface area contributed by atoms with Crippen molar-refractivity contribution in [3.63, 3.8) is 0 Å². The number of carbonyl (C=O) groups excluding carboxylic acids is 1. The first kappa shape index (κ1) is 16.8. The van der Waals surface area contributed by atoms with Crippen LogP contribution in [0.15, 0.2) is 30.3 Å². The fraction of sp³-hybridized carbons (Fsp3) is 0.533. The highest BCUT2D eigenvalue weighted by Gasteiger charge is 2.21. The second-order valence-electron chi connectivity index (χ2n) is 5.13. The van der Waals surface area contributed by atoms with E-state index < -0.39 is 0 Å². The molecule has 2 rings (SSSR count). The molecule has 0 unspecified atom stereocenters. The number of nitrogens with one attached hydrogen (secondary N) is 2. The zero-order valence-electron chi connectivity index (χ0n) is 12.0. The first-order chi connectivity index (χ1) is 9.29. The maximum atomic E-state index is 12.0. The number of benzene rings is 1. The molecule has 5 heteroatoms. The molecule has 1 heterocycles. The highest BCUT2D eigenvalue weighted by Crippen LogP contribution is 2.16. The molecule has 0 aromatic heterocycles. The van der Waals surface area contributed by atoms with E-state index in [2.05, 4.69) is 10.6 Å². The van der Waals surface area contributed by atoms with Crippen molar-refractivity contribution in [2.75, 3.05) is 26.7 Å². The van der Waals surface area contributed by atoms with Gasteiger partial charge in [0.05, 0.1) is 0 Å². The normalized spacial score (nSPS) is 15.6. The average Bonchev–Trinajstić information content (AvgIpc) is 2.47. The molecule has 1 aromatic carbocycles. The van der Waals surface area contributed by atoms with Gasteiger partial charge in [-0.1, -0.05) is 30.3 Å². The van der Waals surface area contributed by atoms with E-state index in [4.69, 9.17) is 0 Å². The van der Waals surface area contributed by atoms with Crippen LogP contribution >= 0.6 is 12.4 Å². The van der Waals surface area contributed by atoms with Crippen LogP contribution in [-0.2, 0) is 6.54 Å². The molecule has 0 atom stereocenters. The van der Waals surface area contributed by atoms with Gasteiger partial charge in [0.15, 0.2) is 0 Å². The molecule has 0 bridgehead atoms. The lowest BCUT2D eigenvalue weighted by atomic mass is 9.97. The Morgan fingerprint density at radius 2 is 1.90 bits per heavy atom.